The average molecular weight is 286 g/mol. The molecular formula is C13H22N2O3S. The van der Waals surface area contributed by atoms with E-state index >= 15 is 0 Å². The van der Waals surface area contributed by atoms with Crippen LogP contribution in [0.25, 0.3) is 0 Å². The molecule has 19 heavy (non-hydrogen) atoms. The number of hydrogen-bond donors (Lipinski definition) is 1. The maximum Gasteiger partial charge on any atom is 0.238 e. The Morgan fingerprint density at radius 2 is 1.95 bits per heavy atom. The lowest BCUT2D eigenvalue weighted by Crippen LogP contribution is -2.20. The summed E-state index contributed by atoms with van der Waals surface area (Å²) in [5.74, 6) is 0.875. The molecule has 1 aromatic rings. The second kappa shape index (κ2) is 6.36. The molecule has 1 aromatic carbocycles. The number of hydrogen-bond acceptors (Lipinski definition) is 4. The number of rotatable bonds is 6. The molecule has 0 unspecified atom stereocenters. The minimum absolute atomic E-state index is 0.121. The van der Waals surface area contributed by atoms with Crippen LogP contribution in [0.2, 0.25) is 0 Å². The van der Waals surface area contributed by atoms with Gasteiger partial charge < -0.3 is 9.64 Å². The quantitative estimate of drug-likeness (QED) is 0.858. The second-order valence-electron chi connectivity index (χ2n) is 5.05. The Morgan fingerprint density at radius 1 is 1.32 bits per heavy atom. The number of likely N-dealkylation sites (N-methyl/N-ethyl adjacent to an activating group) is 1. The smallest absolute Gasteiger partial charge is 0.238 e. The summed E-state index contributed by atoms with van der Waals surface area (Å²) < 4.78 is 28.4. The Hall–Kier alpha value is -1.11. The average Bonchev–Trinajstić information content (AvgIpc) is 2.27. The lowest BCUT2D eigenvalue weighted by atomic mass is 10.0. The topological polar surface area (TPSA) is 72.6 Å². The van der Waals surface area contributed by atoms with Crippen LogP contribution < -0.4 is 9.88 Å². The van der Waals surface area contributed by atoms with E-state index in [0.29, 0.717) is 12.4 Å². The number of nitrogens with two attached hydrogens (primary N) is 1. The molecule has 0 atom stereocenters. The lowest BCUT2D eigenvalue weighted by Gasteiger charge is -2.16. The number of ether oxygens (including phenoxy) is 1. The number of benzene rings is 1. The van der Waals surface area contributed by atoms with Crippen molar-refractivity contribution in [1.29, 1.82) is 0 Å². The van der Waals surface area contributed by atoms with Gasteiger partial charge in [0.2, 0.25) is 10.0 Å². The van der Waals surface area contributed by atoms with Gasteiger partial charge in [0.15, 0.2) is 0 Å². The first-order valence-electron chi connectivity index (χ1n) is 6.16. The third-order valence-electron chi connectivity index (χ3n) is 2.73. The molecule has 0 aliphatic heterocycles. The first-order valence-corrected chi connectivity index (χ1v) is 7.70. The summed E-state index contributed by atoms with van der Waals surface area (Å²) in [6.45, 7) is 5.33. The van der Waals surface area contributed by atoms with Crippen LogP contribution in [0.1, 0.15) is 25.3 Å². The summed E-state index contributed by atoms with van der Waals surface area (Å²) in [5.41, 5.74) is 0.852. The van der Waals surface area contributed by atoms with Gasteiger partial charge in [0.1, 0.15) is 12.4 Å². The van der Waals surface area contributed by atoms with Crippen LogP contribution in [0.3, 0.4) is 0 Å². The Labute approximate surface area is 115 Å². The fourth-order valence-electron chi connectivity index (χ4n) is 1.62. The first-order chi connectivity index (χ1) is 8.71. The van der Waals surface area contributed by atoms with Gasteiger partial charge >= 0.3 is 0 Å². The van der Waals surface area contributed by atoms with Gasteiger partial charge in [-0.3, -0.25) is 0 Å². The fraction of sp³-hybridized carbons (Fsp3) is 0.538. The monoisotopic (exact) mass is 286 g/mol. The summed E-state index contributed by atoms with van der Waals surface area (Å²) in [6, 6.07) is 4.74. The van der Waals surface area contributed by atoms with Crippen LogP contribution >= 0.6 is 0 Å². The van der Waals surface area contributed by atoms with E-state index in [1.807, 2.05) is 32.8 Å². The van der Waals surface area contributed by atoms with Crippen LogP contribution in [0.5, 0.6) is 5.75 Å². The number of sulfonamides is 1. The van der Waals surface area contributed by atoms with Crippen molar-refractivity contribution in [3.8, 4) is 5.75 Å². The molecule has 108 valence electrons. The van der Waals surface area contributed by atoms with Gasteiger partial charge in [0.05, 0.1) is 4.90 Å². The van der Waals surface area contributed by atoms with E-state index in [4.69, 9.17) is 9.88 Å². The summed E-state index contributed by atoms with van der Waals surface area (Å²) in [4.78, 5) is 2.14. The van der Waals surface area contributed by atoms with Crippen molar-refractivity contribution < 1.29 is 13.2 Å². The first kappa shape index (κ1) is 15.9. The Balaban J connectivity index is 2.99. The minimum Gasteiger partial charge on any atom is -0.492 e. The van der Waals surface area contributed by atoms with Crippen molar-refractivity contribution in [3.05, 3.63) is 23.8 Å². The molecule has 0 heterocycles. The largest absolute Gasteiger partial charge is 0.492 e. The van der Waals surface area contributed by atoms with Crippen LogP contribution in [0, 0.1) is 0 Å². The van der Waals surface area contributed by atoms with Crippen molar-refractivity contribution in [3.63, 3.8) is 0 Å². The highest BCUT2D eigenvalue weighted by Gasteiger charge is 2.14. The van der Waals surface area contributed by atoms with E-state index in [2.05, 4.69) is 0 Å². The standard InChI is InChI=1S/C13H22N2O3S/c1-10(2)12-9-11(19(14,16)17)5-6-13(12)18-8-7-15(3)4/h5-6,9-10H,7-8H2,1-4H3,(H2,14,16,17). The molecule has 1 rings (SSSR count). The molecule has 0 aliphatic rings. The summed E-state index contributed by atoms with van der Waals surface area (Å²) in [5, 5.41) is 5.14. The molecule has 0 bridgehead atoms. The molecule has 0 radical (unpaired) electrons. The lowest BCUT2D eigenvalue weighted by molar-refractivity contribution is 0.258. The normalized spacial score (nSPS) is 12.2. The summed E-state index contributed by atoms with van der Waals surface area (Å²) in [7, 11) is 0.265. The van der Waals surface area contributed by atoms with Gasteiger partial charge in [-0.05, 0) is 43.8 Å². The SMILES string of the molecule is CC(C)c1cc(S(N)(=O)=O)ccc1OCCN(C)C. The molecule has 2 N–H and O–H groups in total. The number of nitrogens with zero attached hydrogens (tertiary/aromatic N) is 1. The molecule has 0 aromatic heterocycles. The van der Waals surface area contributed by atoms with Gasteiger partial charge in [-0.1, -0.05) is 13.8 Å². The minimum atomic E-state index is -3.67. The van der Waals surface area contributed by atoms with Crippen molar-refractivity contribution in [2.24, 2.45) is 5.14 Å². The molecule has 0 saturated carbocycles. The second-order valence-corrected chi connectivity index (χ2v) is 6.61. The van der Waals surface area contributed by atoms with Gasteiger partial charge in [-0.25, -0.2) is 13.6 Å². The zero-order valence-corrected chi connectivity index (χ0v) is 12.7. The highest BCUT2D eigenvalue weighted by molar-refractivity contribution is 7.89. The summed E-state index contributed by atoms with van der Waals surface area (Å²) in [6.07, 6.45) is 0. The van der Waals surface area contributed by atoms with E-state index in [1.165, 1.54) is 6.07 Å². The van der Waals surface area contributed by atoms with Gasteiger partial charge in [-0.2, -0.15) is 0 Å². The van der Waals surface area contributed by atoms with E-state index in [1.54, 1.807) is 12.1 Å². The van der Waals surface area contributed by atoms with E-state index in [-0.39, 0.29) is 10.8 Å². The third kappa shape index (κ3) is 4.81. The molecule has 0 amide bonds. The third-order valence-corrected chi connectivity index (χ3v) is 3.64. The van der Waals surface area contributed by atoms with Gasteiger partial charge in [-0.15, -0.1) is 0 Å². The van der Waals surface area contributed by atoms with E-state index in [0.717, 1.165) is 12.1 Å². The maximum absolute atomic E-state index is 11.4. The Morgan fingerprint density at radius 3 is 2.42 bits per heavy atom. The predicted molar refractivity (Wildman–Crippen MR) is 76.0 cm³/mol. The van der Waals surface area contributed by atoms with Crippen molar-refractivity contribution in [2.45, 2.75) is 24.7 Å². The van der Waals surface area contributed by atoms with Gasteiger partial charge in [0.25, 0.3) is 0 Å². The predicted octanol–water partition coefficient (Wildman–Crippen LogP) is 1.40. The van der Waals surface area contributed by atoms with Crippen LogP contribution in [0.4, 0.5) is 0 Å². The molecule has 0 aliphatic carbocycles. The van der Waals surface area contributed by atoms with Crippen LogP contribution in [-0.2, 0) is 10.0 Å². The maximum atomic E-state index is 11.4. The Kier molecular flexibility index (Phi) is 5.34. The van der Waals surface area contributed by atoms with Crippen molar-refractivity contribution in [1.82, 2.24) is 4.90 Å². The molecule has 5 nitrogen and oxygen atoms in total. The highest BCUT2D eigenvalue weighted by atomic mass is 32.2. The molecular weight excluding hydrogens is 264 g/mol. The zero-order chi connectivity index (χ0) is 14.6. The Bertz CT molecular complexity index is 525. The highest BCUT2D eigenvalue weighted by Crippen LogP contribution is 2.28. The van der Waals surface area contributed by atoms with Crippen molar-refractivity contribution >= 4 is 10.0 Å². The number of primary sulfonamides is 1. The molecule has 0 fully saturated rings. The fourth-order valence-corrected chi connectivity index (χ4v) is 2.17. The van der Waals surface area contributed by atoms with E-state index < -0.39 is 10.0 Å². The van der Waals surface area contributed by atoms with Gasteiger partial charge in [0, 0.05) is 6.54 Å². The molecule has 0 saturated heterocycles. The van der Waals surface area contributed by atoms with Crippen LogP contribution in [-0.4, -0.2) is 40.6 Å². The van der Waals surface area contributed by atoms with Crippen molar-refractivity contribution in [2.75, 3.05) is 27.2 Å². The van der Waals surface area contributed by atoms with Crippen LogP contribution in [0.15, 0.2) is 23.1 Å². The summed E-state index contributed by atoms with van der Waals surface area (Å²) >= 11 is 0. The molecule has 6 heteroatoms. The molecule has 0 spiro atoms. The zero-order valence-electron chi connectivity index (χ0n) is 11.9. The van der Waals surface area contributed by atoms with E-state index in [9.17, 15) is 8.42 Å².